The minimum absolute atomic E-state index is 0.0745. The topological polar surface area (TPSA) is 17.8 Å². The average Bonchev–Trinajstić information content (AvgIpc) is 3.56. The fourth-order valence-corrected chi connectivity index (χ4v) is 7.83. The molecule has 0 fully saturated rings. The van der Waals surface area contributed by atoms with Gasteiger partial charge in [-0.2, -0.15) is 0 Å². The molecule has 0 radical (unpaired) electrons. The summed E-state index contributed by atoms with van der Waals surface area (Å²) in [6, 6.07) is 44.4. The predicted octanol–water partition coefficient (Wildman–Crippen LogP) is 6.99. The van der Waals surface area contributed by atoms with E-state index < -0.39 is 9.52 Å². The second kappa shape index (κ2) is 14.9. The van der Waals surface area contributed by atoms with E-state index in [1.807, 2.05) is 12.5 Å². The zero-order chi connectivity index (χ0) is 27.2. The minimum Gasteiger partial charge on any atom is -0.327 e. The Kier molecular flexibility index (Phi) is 10.7. The highest BCUT2D eigenvalue weighted by Crippen LogP contribution is 2.34. The van der Waals surface area contributed by atoms with Gasteiger partial charge in [-0.15, -0.1) is 0 Å². The second-order valence-electron chi connectivity index (χ2n) is 9.92. The summed E-state index contributed by atoms with van der Waals surface area (Å²) in [7, 11) is 1.75. The van der Waals surface area contributed by atoms with Crippen LogP contribution in [0.1, 0.15) is 47.8 Å². The van der Waals surface area contributed by atoms with Gasteiger partial charge in [0.2, 0.25) is 0 Å². The first kappa shape index (κ1) is 28.1. The molecule has 39 heavy (non-hydrogen) atoms. The molecule has 5 aromatic rings. The monoisotopic (exact) mass is 526 g/mol. The van der Waals surface area contributed by atoms with E-state index >= 15 is 0 Å². The fraction of sp³-hybridized carbons (Fsp3) is 0.171. The molecule has 4 aromatic carbocycles. The lowest BCUT2D eigenvalue weighted by Gasteiger charge is -2.37. The van der Waals surface area contributed by atoms with Crippen molar-refractivity contribution in [3.63, 3.8) is 0 Å². The molecule has 0 aliphatic rings. The van der Waals surface area contributed by atoms with Gasteiger partial charge in [0.15, 0.2) is 0 Å². The van der Waals surface area contributed by atoms with Gasteiger partial charge in [-0.1, -0.05) is 146 Å². The molecule has 0 aliphatic carbocycles. The van der Waals surface area contributed by atoms with E-state index in [0.717, 1.165) is 0 Å². The van der Waals surface area contributed by atoms with Crippen molar-refractivity contribution in [3.05, 3.63) is 174 Å². The Morgan fingerprint density at radius 3 is 1.69 bits per heavy atom. The highest BCUT2D eigenvalue weighted by atomic mass is 28.2. The molecule has 0 N–H and O–H groups in total. The first-order valence-corrected chi connectivity index (χ1v) is 15.8. The Bertz CT molecular complexity index is 1280. The molecule has 0 spiro atoms. The number of hydrogen-bond donors (Lipinski definition) is 0. The molecule has 5 rings (SSSR count). The molecule has 2 nitrogen and oxygen atoms in total. The lowest BCUT2D eigenvalue weighted by atomic mass is 9.76. The third kappa shape index (κ3) is 7.36. The summed E-state index contributed by atoms with van der Waals surface area (Å²) >= 11 is 0. The molecule has 4 heteroatoms. The van der Waals surface area contributed by atoms with E-state index in [9.17, 15) is 0 Å². The Morgan fingerprint density at radius 1 is 0.769 bits per heavy atom. The van der Waals surface area contributed by atoms with Crippen LogP contribution in [0.3, 0.4) is 0 Å². The Hall–Kier alpha value is -3.89. The molecule has 1 aromatic heterocycles. The SMILES string of the molecule is BC(c1ccccc1)c1ccccc1.CC=CCCC[SiH2]C(c1ccccc1)(c1ccccc1)n1ccnc1. The molecule has 0 atom stereocenters. The van der Waals surface area contributed by atoms with Gasteiger partial charge in [-0.3, -0.25) is 0 Å². The summed E-state index contributed by atoms with van der Waals surface area (Å²) < 4.78 is 2.33. The van der Waals surface area contributed by atoms with E-state index in [1.54, 1.807) is 0 Å². The van der Waals surface area contributed by atoms with Gasteiger partial charge in [0, 0.05) is 12.4 Å². The number of unbranched alkanes of at least 4 members (excludes halogenated alkanes) is 1. The number of rotatable bonds is 10. The average molecular weight is 527 g/mol. The number of nitrogens with zero attached hydrogens (tertiary/aromatic N) is 2. The molecule has 196 valence electrons. The van der Waals surface area contributed by atoms with Crippen molar-refractivity contribution in [2.24, 2.45) is 0 Å². The standard InChI is InChI=1S/C22H26N2Si.C13H13B/c1-2-3-4-11-18-25-22(24-17-16-23-19-24,20-12-7-5-8-13-20)21-14-9-6-10-15-21;14-13(11-7-3-1-4-8-11)12-9-5-2-6-10-12/h2-3,5-10,12-17,19H,4,11,18,25H2,1H3;1-10,13H,14H2. The highest BCUT2D eigenvalue weighted by molar-refractivity contribution is 6.41. The van der Waals surface area contributed by atoms with E-state index in [4.69, 9.17) is 0 Å². The van der Waals surface area contributed by atoms with Gasteiger partial charge in [0.05, 0.1) is 21.0 Å². The van der Waals surface area contributed by atoms with E-state index in [1.165, 1.54) is 41.1 Å². The van der Waals surface area contributed by atoms with Gasteiger partial charge in [0.1, 0.15) is 7.85 Å². The predicted molar refractivity (Wildman–Crippen MR) is 172 cm³/mol. The van der Waals surface area contributed by atoms with Crippen LogP contribution in [0, 0.1) is 0 Å². The van der Waals surface area contributed by atoms with Crippen molar-refractivity contribution in [2.45, 2.75) is 36.8 Å². The van der Waals surface area contributed by atoms with Crippen molar-refractivity contribution < 1.29 is 0 Å². The van der Waals surface area contributed by atoms with Gasteiger partial charge >= 0.3 is 0 Å². The summed E-state index contributed by atoms with van der Waals surface area (Å²) in [5.74, 6) is 0.484. The summed E-state index contributed by atoms with van der Waals surface area (Å²) in [6.07, 6.45) is 12.9. The molecule has 0 saturated heterocycles. The third-order valence-corrected chi connectivity index (χ3v) is 10.2. The maximum absolute atomic E-state index is 4.37. The summed E-state index contributed by atoms with van der Waals surface area (Å²) in [6.45, 7) is 2.10. The zero-order valence-corrected chi connectivity index (χ0v) is 24.6. The number of imidazole rings is 1. The van der Waals surface area contributed by atoms with Crippen LogP contribution >= 0.6 is 0 Å². The Labute approximate surface area is 237 Å². The third-order valence-electron chi connectivity index (χ3n) is 7.44. The van der Waals surface area contributed by atoms with E-state index in [0.29, 0.717) is 5.82 Å². The van der Waals surface area contributed by atoms with Crippen molar-refractivity contribution >= 4 is 17.4 Å². The van der Waals surface area contributed by atoms with Gasteiger partial charge < -0.3 is 4.57 Å². The molecule has 1 heterocycles. The first-order valence-electron chi connectivity index (χ1n) is 14.1. The quantitative estimate of drug-likeness (QED) is 0.109. The second-order valence-corrected chi connectivity index (χ2v) is 12.2. The molecule has 0 saturated carbocycles. The minimum atomic E-state index is -0.486. The number of benzene rings is 4. The number of hydrogen-bond acceptors (Lipinski definition) is 1. The Morgan fingerprint density at radius 2 is 1.26 bits per heavy atom. The van der Waals surface area contributed by atoms with Crippen LogP contribution < -0.4 is 0 Å². The van der Waals surface area contributed by atoms with Crippen LogP contribution in [0.25, 0.3) is 0 Å². The first-order chi connectivity index (χ1) is 19.3. The number of aromatic nitrogens is 2. The zero-order valence-electron chi connectivity index (χ0n) is 23.2. The highest BCUT2D eigenvalue weighted by Gasteiger charge is 2.35. The fourth-order valence-electron chi connectivity index (χ4n) is 5.28. The summed E-state index contributed by atoms with van der Waals surface area (Å²) in [4.78, 5) is 4.37. The maximum Gasteiger partial charge on any atom is 0.116 e. The van der Waals surface area contributed by atoms with Crippen LogP contribution in [-0.2, 0) is 5.16 Å². The van der Waals surface area contributed by atoms with Crippen molar-refractivity contribution in [3.8, 4) is 0 Å². The smallest absolute Gasteiger partial charge is 0.116 e. The lowest BCUT2D eigenvalue weighted by molar-refractivity contribution is 0.589. The van der Waals surface area contributed by atoms with Crippen LogP contribution in [0.15, 0.2) is 152 Å². The van der Waals surface area contributed by atoms with Crippen LogP contribution in [-0.4, -0.2) is 26.9 Å². The maximum atomic E-state index is 4.37. The van der Waals surface area contributed by atoms with Crippen molar-refractivity contribution in [1.29, 1.82) is 0 Å². The lowest BCUT2D eigenvalue weighted by Crippen LogP contribution is -2.41. The van der Waals surface area contributed by atoms with Crippen molar-refractivity contribution in [1.82, 2.24) is 9.55 Å². The molecule has 0 amide bonds. The molecular formula is C35H39BN2Si. The molecular weight excluding hydrogens is 487 g/mol. The molecule has 0 aliphatic heterocycles. The number of allylic oxidation sites excluding steroid dienone is 2. The summed E-state index contributed by atoms with van der Waals surface area (Å²) in [5.41, 5.74) is 5.49. The largest absolute Gasteiger partial charge is 0.327 e. The van der Waals surface area contributed by atoms with Gasteiger partial charge in [0.25, 0.3) is 0 Å². The Balaban J connectivity index is 0.000000212. The van der Waals surface area contributed by atoms with Crippen molar-refractivity contribution in [2.75, 3.05) is 0 Å². The van der Waals surface area contributed by atoms with Crippen LogP contribution in [0.2, 0.25) is 6.04 Å². The van der Waals surface area contributed by atoms with Crippen LogP contribution in [0.5, 0.6) is 0 Å². The van der Waals surface area contributed by atoms with Crippen LogP contribution in [0.4, 0.5) is 0 Å². The molecule has 0 bridgehead atoms. The molecule has 0 unspecified atom stereocenters. The van der Waals surface area contributed by atoms with E-state index in [2.05, 4.69) is 164 Å². The summed E-state index contributed by atoms with van der Waals surface area (Å²) in [5, 5.41) is -0.0745. The van der Waals surface area contributed by atoms with E-state index in [-0.39, 0.29) is 5.16 Å². The van der Waals surface area contributed by atoms with Gasteiger partial charge in [-0.25, -0.2) is 4.98 Å². The normalized spacial score (nSPS) is 11.6. The van der Waals surface area contributed by atoms with Gasteiger partial charge in [-0.05, 0) is 41.4 Å².